The average molecular weight is 305 g/mol. The number of aromatic nitrogens is 1. The highest BCUT2D eigenvalue weighted by atomic mass is 32.2. The van der Waals surface area contributed by atoms with Gasteiger partial charge in [-0.2, -0.15) is 0 Å². The van der Waals surface area contributed by atoms with Crippen molar-refractivity contribution in [3.05, 3.63) is 54.4 Å². The number of hydrogen-bond donors (Lipinski definition) is 2. The van der Waals surface area contributed by atoms with Crippen LogP contribution in [-0.2, 0) is 16.6 Å². The van der Waals surface area contributed by atoms with Gasteiger partial charge in [0.2, 0.25) is 0 Å². The lowest BCUT2D eigenvalue weighted by Crippen LogP contribution is -2.24. The third-order valence-electron chi connectivity index (χ3n) is 2.88. The van der Waals surface area contributed by atoms with Gasteiger partial charge in [0.25, 0.3) is 10.0 Å². The molecular formula is C15H19N3O2S. The van der Waals surface area contributed by atoms with Crippen LogP contribution < -0.4 is 10.0 Å². The maximum Gasteiger partial charge on any atom is 0.262 e. The van der Waals surface area contributed by atoms with E-state index in [0.717, 1.165) is 5.56 Å². The van der Waals surface area contributed by atoms with E-state index in [4.69, 9.17) is 0 Å². The molecule has 0 bridgehead atoms. The van der Waals surface area contributed by atoms with Crippen molar-refractivity contribution in [2.24, 2.45) is 0 Å². The zero-order valence-corrected chi connectivity index (χ0v) is 12.9. The van der Waals surface area contributed by atoms with Gasteiger partial charge in [-0.25, -0.2) is 8.42 Å². The van der Waals surface area contributed by atoms with Gasteiger partial charge in [0.15, 0.2) is 0 Å². The number of benzene rings is 1. The van der Waals surface area contributed by atoms with Gasteiger partial charge in [0.05, 0.1) is 16.8 Å². The van der Waals surface area contributed by atoms with Crippen LogP contribution in [0.4, 0.5) is 5.69 Å². The van der Waals surface area contributed by atoms with Crippen molar-refractivity contribution in [1.82, 2.24) is 10.3 Å². The number of nitrogens with one attached hydrogen (secondary N) is 2. The number of rotatable bonds is 6. The minimum atomic E-state index is -3.62. The van der Waals surface area contributed by atoms with Crippen LogP contribution in [0.15, 0.2) is 53.7 Å². The first-order chi connectivity index (χ1) is 9.99. The summed E-state index contributed by atoms with van der Waals surface area (Å²) in [5.41, 5.74) is 1.19. The number of sulfonamides is 1. The topological polar surface area (TPSA) is 71.1 Å². The van der Waals surface area contributed by atoms with E-state index >= 15 is 0 Å². The number of pyridine rings is 1. The van der Waals surface area contributed by atoms with Crippen molar-refractivity contribution in [3.63, 3.8) is 0 Å². The van der Waals surface area contributed by atoms with Gasteiger partial charge in [-0.3, -0.25) is 9.71 Å². The Hall–Kier alpha value is -1.92. The number of anilines is 1. The molecule has 5 nitrogen and oxygen atoms in total. The van der Waals surface area contributed by atoms with E-state index in [1.54, 1.807) is 30.5 Å². The first-order valence-corrected chi connectivity index (χ1v) is 8.21. The fraction of sp³-hybridized carbons (Fsp3) is 0.267. The van der Waals surface area contributed by atoms with Gasteiger partial charge in [0.1, 0.15) is 0 Å². The molecule has 0 fully saturated rings. The van der Waals surface area contributed by atoms with Crippen molar-refractivity contribution < 1.29 is 8.42 Å². The van der Waals surface area contributed by atoms with Gasteiger partial charge in [-0.15, -0.1) is 0 Å². The van der Waals surface area contributed by atoms with Gasteiger partial charge >= 0.3 is 0 Å². The molecule has 0 spiro atoms. The SMILES string of the molecule is CC(C)NCc1ccccc1S(=O)(=O)Nc1cccnc1. The molecular weight excluding hydrogens is 286 g/mol. The molecule has 1 aromatic carbocycles. The summed E-state index contributed by atoms with van der Waals surface area (Å²) in [6.07, 6.45) is 3.07. The third kappa shape index (κ3) is 4.27. The van der Waals surface area contributed by atoms with E-state index in [0.29, 0.717) is 12.2 Å². The second-order valence-corrected chi connectivity index (χ2v) is 6.64. The fourth-order valence-corrected chi connectivity index (χ4v) is 3.14. The van der Waals surface area contributed by atoms with Crippen LogP contribution in [-0.4, -0.2) is 19.4 Å². The molecule has 0 saturated carbocycles. The van der Waals surface area contributed by atoms with E-state index in [2.05, 4.69) is 15.0 Å². The van der Waals surface area contributed by atoms with E-state index in [1.807, 2.05) is 26.0 Å². The monoisotopic (exact) mass is 305 g/mol. The van der Waals surface area contributed by atoms with Crippen molar-refractivity contribution >= 4 is 15.7 Å². The summed E-state index contributed by atoms with van der Waals surface area (Å²) in [6, 6.07) is 10.6. The Labute approximate surface area is 125 Å². The summed E-state index contributed by atoms with van der Waals surface area (Å²) in [5, 5.41) is 3.23. The lowest BCUT2D eigenvalue weighted by Gasteiger charge is -2.14. The molecule has 21 heavy (non-hydrogen) atoms. The summed E-state index contributed by atoms with van der Waals surface area (Å²) in [6.45, 7) is 4.54. The molecule has 0 aliphatic carbocycles. The highest BCUT2D eigenvalue weighted by Crippen LogP contribution is 2.19. The highest BCUT2D eigenvalue weighted by Gasteiger charge is 2.18. The lowest BCUT2D eigenvalue weighted by atomic mass is 10.2. The summed E-state index contributed by atoms with van der Waals surface area (Å²) < 4.78 is 27.5. The lowest BCUT2D eigenvalue weighted by molar-refractivity contribution is 0.576. The van der Waals surface area contributed by atoms with Gasteiger partial charge in [-0.05, 0) is 23.8 Å². The molecule has 0 aliphatic rings. The van der Waals surface area contributed by atoms with Crippen molar-refractivity contribution in [1.29, 1.82) is 0 Å². The van der Waals surface area contributed by atoms with Crippen molar-refractivity contribution in [2.75, 3.05) is 4.72 Å². The fourth-order valence-electron chi connectivity index (χ4n) is 1.86. The molecule has 0 aliphatic heterocycles. The molecule has 2 N–H and O–H groups in total. The summed E-state index contributed by atoms with van der Waals surface area (Å²) >= 11 is 0. The quantitative estimate of drug-likeness (QED) is 0.859. The first kappa shape index (κ1) is 15.5. The van der Waals surface area contributed by atoms with E-state index in [9.17, 15) is 8.42 Å². The molecule has 0 unspecified atom stereocenters. The Balaban J connectivity index is 2.27. The minimum absolute atomic E-state index is 0.280. The van der Waals surface area contributed by atoms with Gasteiger partial charge in [0, 0.05) is 18.8 Å². The van der Waals surface area contributed by atoms with Crippen LogP contribution in [0.5, 0.6) is 0 Å². The zero-order chi connectivity index (χ0) is 15.3. The average Bonchev–Trinajstić information content (AvgIpc) is 2.46. The number of nitrogens with zero attached hydrogens (tertiary/aromatic N) is 1. The zero-order valence-electron chi connectivity index (χ0n) is 12.1. The number of hydrogen-bond acceptors (Lipinski definition) is 4. The third-order valence-corrected chi connectivity index (χ3v) is 4.36. The highest BCUT2D eigenvalue weighted by molar-refractivity contribution is 7.92. The molecule has 112 valence electrons. The van der Waals surface area contributed by atoms with Gasteiger partial charge < -0.3 is 5.32 Å². The predicted molar refractivity (Wildman–Crippen MR) is 83.5 cm³/mol. The van der Waals surface area contributed by atoms with Crippen LogP contribution in [0.3, 0.4) is 0 Å². The second-order valence-electron chi connectivity index (χ2n) is 4.99. The summed E-state index contributed by atoms with van der Waals surface area (Å²) in [5.74, 6) is 0. The Morgan fingerprint density at radius 2 is 1.90 bits per heavy atom. The molecule has 1 aromatic heterocycles. The summed E-state index contributed by atoms with van der Waals surface area (Å²) in [4.78, 5) is 4.18. The molecule has 1 heterocycles. The van der Waals surface area contributed by atoms with E-state index < -0.39 is 10.0 Å². The largest absolute Gasteiger partial charge is 0.310 e. The Kier molecular flexibility index (Phi) is 4.93. The second kappa shape index (κ2) is 6.69. The predicted octanol–water partition coefficient (Wildman–Crippen LogP) is 2.38. The van der Waals surface area contributed by atoms with Crippen LogP contribution in [0.1, 0.15) is 19.4 Å². The first-order valence-electron chi connectivity index (χ1n) is 6.73. The van der Waals surface area contributed by atoms with E-state index in [-0.39, 0.29) is 10.9 Å². The smallest absolute Gasteiger partial charge is 0.262 e. The van der Waals surface area contributed by atoms with Crippen LogP contribution in [0.25, 0.3) is 0 Å². The maximum absolute atomic E-state index is 12.5. The van der Waals surface area contributed by atoms with E-state index in [1.165, 1.54) is 6.20 Å². The van der Waals surface area contributed by atoms with Crippen molar-refractivity contribution in [2.45, 2.75) is 31.3 Å². The molecule has 0 atom stereocenters. The molecule has 0 amide bonds. The Bertz CT molecular complexity index is 685. The standard InChI is InChI=1S/C15H19N3O2S/c1-12(2)17-10-13-6-3-4-8-15(13)21(19,20)18-14-7-5-9-16-11-14/h3-9,11-12,17-18H,10H2,1-2H3. The Morgan fingerprint density at radius 1 is 1.14 bits per heavy atom. The van der Waals surface area contributed by atoms with Crippen LogP contribution >= 0.6 is 0 Å². The van der Waals surface area contributed by atoms with Crippen LogP contribution in [0.2, 0.25) is 0 Å². The van der Waals surface area contributed by atoms with Crippen molar-refractivity contribution in [3.8, 4) is 0 Å². The molecule has 2 aromatic rings. The molecule has 0 saturated heterocycles. The molecule has 0 radical (unpaired) electrons. The normalized spacial score (nSPS) is 11.6. The van der Waals surface area contributed by atoms with Crippen LogP contribution in [0, 0.1) is 0 Å². The maximum atomic E-state index is 12.5. The molecule has 6 heteroatoms. The Morgan fingerprint density at radius 3 is 2.57 bits per heavy atom. The molecule has 2 rings (SSSR count). The van der Waals surface area contributed by atoms with Gasteiger partial charge in [-0.1, -0.05) is 32.0 Å². The minimum Gasteiger partial charge on any atom is -0.310 e. The summed E-state index contributed by atoms with van der Waals surface area (Å²) in [7, 11) is -3.62.